The van der Waals surface area contributed by atoms with Gasteiger partial charge >= 0.3 is 6.18 Å². The predicted octanol–water partition coefficient (Wildman–Crippen LogP) is 5.29. The molecule has 0 aromatic carbocycles. The molecule has 0 amide bonds. The second kappa shape index (κ2) is 8.42. The van der Waals surface area contributed by atoms with E-state index in [1.807, 2.05) is 6.07 Å². The number of pyridine rings is 2. The van der Waals surface area contributed by atoms with E-state index in [1.54, 1.807) is 18.3 Å². The molecule has 3 saturated carbocycles. The SMILES string of the molecule is COc1cc([C@H]2C[C@@H](c3cc4c(=O)n(C)c(C(F)F)nc4c(C45CC(C(F)(F)F)(C4)C5)n3)CCO2)ccn1. The van der Waals surface area contributed by atoms with Crippen LogP contribution in [0.4, 0.5) is 22.0 Å². The highest BCUT2D eigenvalue weighted by atomic mass is 19.4. The molecule has 4 heterocycles. The van der Waals surface area contributed by atoms with Gasteiger partial charge < -0.3 is 9.47 Å². The van der Waals surface area contributed by atoms with E-state index in [0.29, 0.717) is 31.0 Å². The van der Waals surface area contributed by atoms with Crippen LogP contribution < -0.4 is 10.3 Å². The van der Waals surface area contributed by atoms with E-state index < -0.39 is 34.8 Å². The van der Waals surface area contributed by atoms with E-state index in [9.17, 15) is 26.7 Å². The van der Waals surface area contributed by atoms with Gasteiger partial charge in [-0.3, -0.25) is 14.3 Å². The molecular weight excluding hydrogens is 511 g/mol. The summed E-state index contributed by atoms with van der Waals surface area (Å²) in [7, 11) is 2.73. The Hall–Kier alpha value is -3.15. The average molecular weight is 537 g/mol. The number of rotatable bonds is 5. The van der Waals surface area contributed by atoms with E-state index >= 15 is 0 Å². The molecule has 12 heteroatoms. The Morgan fingerprint density at radius 2 is 1.92 bits per heavy atom. The zero-order valence-electron chi connectivity index (χ0n) is 20.7. The summed E-state index contributed by atoms with van der Waals surface area (Å²) < 4.78 is 80.2. The fraction of sp³-hybridized carbons (Fsp3) is 0.538. The largest absolute Gasteiger partial charge is 0.481 e. The summed E-state index contributed by atoms with van der Waals surface area (Å²) >= 11 is 0. The number of methoxy groups -OCH3 is 1. The van der Waals surface area contributed by atoms with Crippen molar-refractivity contribution in [1.82, 2.24) is 19.5 Å². The van der Waals surface area contributed by atoms with Crippen LogP contribution >= 0.6 is 0 Å². The molecule has 0 radical (unpaired) electrons. The number of halogens is 5. The zero-order valence-corrected chi connectivity index (χ0v) is 20.7. The molecule has 1 saturated heterocycles. The summed E-state index contributed by atoms with van der Waals surface area (Å²) in [6.45, 7) is 0.401. The Morgan fingerprint density at radius 1 is 1.18 bits per heavy atom. The predicted molar refractivity (Wildman–Crippen MR) is 125 cm³/mol. The molecule has 4 fully saturated rings. The van der Waals surface area contributed by atoms with Crippen LogP contribution in [0.3, 0.4) is 0 Å². The van der Waals surface area contributed by atoms with E-state index in [1.165, 1.54) is 14.2 Å². The van der Waals surface area contributed by atoms with Gasteiger partial charge in [0.05, 0.1) is 29.7 Å². The third-order valence-corrected chi connectivity index (χ3v) is 8.49. The molecule has 4 aliphatic rings. The first-order chi connectivity index (χ1) is 18.0. The van der Waals surface area contributed by atoms with Crippen molar-refractivity contribution in [2.45, 2.75) is 62.1 Å². The number of nitrogens with zero attached hydrogens (tertiary/aromatic N) is 4. The topological polar surface area (TPSA) is 79.1 Å². The van der Waals surface area contributed by atoms with Gasteiger partial charge in [0, 0.05) is 42.9 Å². The highest BCUT2D eigenvalue weighted by Gasteiger charge is 2.79. The highest BCUT2D eigenvalue weighted by molar-refractivity contribution is 5.82. The number of ether oxygens (including phenoxy) is 2. The minimum absolute atomic E-state index is 0.0231. The van der Waals surface area contributed by atoms with E-state index in [-0.39, 0.29) is 47.9 Å². The summed E-state index contributed by atoms with van der Waals surface area (Å²) in [4.78, 5) is 26.2. The Labute approximate surface area is 214 Å². The van der Waals surface area contributed by atoms with E-state index in [4.69, 9.17) is 14.5 Å². The Kier molecular flexibility index (Phi) is 5.57. The van der Waals surface area contributed by atoms with Crippen molar-refractivity contribution in [2.24, 2.45) is 12.5 Å². The molecule has 0 unspecified atom stereocenters. The number of hydrogen-bond acceptors (Lipinski definition) is 6. The van der Waals surface area contributed by atoms with Crippen molar-refractivity contribution in [3.8, 4) is 5.88 Å². The number of fused-ring (bicyclic) bond motifs is 1. The standard InChI is InChI=1S/C26H25F5N4O3/c1-35-22(21(27)28)34-19-15(23(35)36)9-16(33-20(19)24-10-25(11-24,12-24)26(29,30)31)13-4-6-38-17(7-13)14-3-5-32-18(8-14)37-2/h3,5,8-9,13,17,21H,4,6-7,10-12H2,1-2H3/t13-,17+,24?,25?/m0/s1. The van der Waals surface area contributed by atoms with Gasteiger partial charge in [0.2, 0.25) is 5.88 Å². The third-order valence-electron chi connectivity index (χ3n) is 8.49. The van der Waals surface area contributed by atoms with Crippen LogP contribution in [-0.2, 0) is 17.2 Å². The highest BCUT2D eigenvalue weighted by Crippen LogP contribution is 2.78. The molecule has 0 spiro atoms. The molecular formula is C26H25F5N4O3. The van der Waals surface area contributed by atoms with Crippen LogP contribution in [0.2, 0.25) is 0 Å². The van der Waals surface area contributed by atoms with Gasteiger partial charge in [0.15, 0.2) is 5.82 Å². The molecule has 38 heavy (non-hydrogen) atoms. The maximum Gasteiger partial charge on any atom is 0.394 e. The second-order valence-electron chi connectivity index (χ2n) is 10.7. The fourth-order valence-electron chi connectivity index (χ4n) is 6.46. The van der Waals surface area contributed by atoms with Gasteiger partial charge in [-0.25, -0.2) is 18.7 Å². The van der Waals surface area contributed by atoms with Crippen molar-refractivity contribution in [2.75, 3.05) is 13.7 Å². The van der Waals surface area contributed by atoms with Crippen LogP contribution in [0.25, 0.3) is 10.9 Å². The molecule has 1 aliphatic heterocycles. The lowest BCUT2D eigenvalue weighted by Gasteiger charge is -2.70. The van der Waals surface area contributed by atoms with Crippen molar-refractivity contribution >= 4 is 10.9 Å². The molecule has 2 atom stereocenters. The number of hydrogen-bond donors (Lipinski definition) is 0. The van der Waals surface area contributed by atoms with Gasteiger partial charge in [-0.1, -0.05) is 0 Å². The summed E-state index contributed by atoms with van der Waals surface area (Å²) in [5.74, 6) is -0.460. The molecule has 202 valence electrons. The lowest BCUT2D eigenvalue weighted by atomic mass is 9.34. The van der Waals surface area contributed by atoms with Gasteiger partial charge in [0.1, 0.15) is 5.52 Å². The summed E-state index contributed by atoms with van der Waals surface area (Å²) in [6, 6.07) is 5.16. The van der Waals surface area contributed by atoms with E-state index in [2.05, 4.69) is 9.97 Å². The summed E-state index contributed by atoms with van der Waals surface area (Å²) in [5, 5.41) is 0.0938. The monoisotopic (exact) mass is 536 g/mol. The fourth-order valence-corrected chi connectivity index (χ4v) is 6.46. The molecule has 7 nitrogen and oxygen atoms in total. The zero-order chi connectivity index (χ0) is 27.0. The van der Waals surface area contributed by atoms with Crippen LogP contribution in [0.1, 0.15) is 73.3 Å². The maximum atomic E-state index is 13.7. The van der Waals surface area contributed by atoms with Crippen molar-refractivity contribution in [3.63, 3.8) is 0 Å². The van der Waals surface area contributed by atoms with Crippen molar-refractivity contribution < 1.29 is 31.4 Å². The van der Waals surface area contributed by atoms with Crippen molar-refractivity contribution in [1.29, 1.82) is 0 Å². The first-order valence-corrected chi connectivity index (χ1v) is 12.4. The molecule has 3 aromatic rings. The van der Waals surface area contributed by atoms with E-state index in [0.717, 1.165) is 10.1 Å². The van der Waals surface area contributed by atoms with Gasteiger partial charge in [-0.05, 0) is 49.8 Å². The minimum atomic E-state index is -4.35. The summed E-state index contributed by atoms with van der Waals surface area (Å²) in [5.41, 5.74) is -1.77. The second-order valence-corrected chi connectivity index (χ2v) is 10.7. The first kappa shape index (κ1) is 25.1. The van der Waals surface area contributed by atoms with Gasteiger partial charge in [-0.15, -0.1) is 0 Å². The lowest BCUT2D eigenvalue weighted by molar-refractivity contribution is -0.337. The van der Waals surface area contributed by atoms with Gasteiger partial charge in [0.25, 0.3) is 12.0 Å². The lowest BCUT2D eigenvalue weighted by Crippen LogP contribution is -2.70. The van der Waals surface area contributed by atoms with Crippen LogP contribution in [0.15, 0.2) is 29.2 Å². The third kappa shape index (κ3) is 3.63. The molecule has 0 N–H and O–H groups in total. The van der Waals surface area contributed by atoms with Gasteiger partial charge in [-0.2, -0.15) is 13.2 Å². The number of aromatic nitrogens is 4. The molecule has 7 rings (SSSR count). The normalized spacial score (nSPS) is 28.7. The quantitative estimate of drug-likeness (QED) is 0.413. The average Bonchev–Trinajstić information content (AvgIpc) is 2.83. The van der Waals surface area contributed by atoms with Crippen LogP contribution in [0.5, 0.6) is 5.88 Å². The Balaban J connectivity index is 1.44. The van der Waals surface area contributed by atoms with Crippen molar-refractivity contribution in [3.05, 3.63) is 57.5 Å². The van der Waals surface area contributed by atoms with Crippen LogP contribution in [-0.4, -0.2) is 39.4 Å². The minimum Gasteiger partial charge on any atom is -0.481 e. The molecule has 3 aliphatic carbocycles. The Bertz CT molecular complexity index is 1470. The van der Waals surface area contributed by atoms with Crippen LogP contribution in [0, 0.1) is 5.41 Å². The number of alkyl halides is 5. The Morgan fingerprint density at radius 3 is 2.58 bits per heavy atom. The maximum absolute atomic E-state index is 13.7. The smallest absolute Gasteiger partial charge is 0.394 e. The first-order valence-electron chi connectivity index (χ1n) is 12.4. The molecule has 2 bridgehead atoms. The summed E-state index contributed by atoms with van der Waals surface area (Å²) in [6.07, 6.45) is -5.51. The molecule has 3 aromatic heterocycles.